The number of H-pyrrole nitrogens is 1. The summed E-state index contributed by atoms with van der Waals surface area (Å²) in [5.74, 6) is 1.23. The molecule has 2 atom stereocenters. The second kappa shape index (κ2) is 4.31. The lowest BCUT2D eigenvalue weighted by Gasteiger charge is -2.16. The van der Waals surface area contributed by atoms with Crippen LogP contribution in [0.15, 0.2) is 18.5 Å². The monoisotopic (exact) mass is 269 g/mol. The summed E-state index contributed by atoms with van der Waals surface area (Å²) < 4.78 is 2.27. The summed E-state index contributed by atoms with van der Waals surface area (Å²) in [6.07, 6.45) is 5.08. The lowest BCUT2D eigenvalue weighted by molar-refractivity contribution is 0.493. The predicted octanol–water partition coefficient (Wildman–Crippen LogP) is 2.23. The largest absolute Gasteiger partial charge is 0.342 e. The van der Waals surface area contributed by atoms with Crippen LogP contribution in [0.25, 0.3) is 16.8 Å². The first-order valence-electron chi connectivity index (χ1n) is 7.30. The lowest BCUT2D eigenvalue weighted by Crippen LogP contribution is -2.12. The van der Waals surface area contributed by atoms with Crippen LogP contribution in [0.2, 0.25) is 0 Å². The van der Waals surface area contributed by atoms with Crippen molar-refractivity contribution in [1.82, 2.24) is 24.7 Å². The Morgan fingerprint density at radius 2 is 2.20 bits per heavy atom. The van der Waals surface area contributed by atoms with Gasteiger partial charge in [0.2, 0.25) is 0 Å². The molecule has 4 heterocycles. The van der Waals surface area contributed by atoms with Crippen molar-refractivity contribution >= 4 is 16.8 Å². The molecule has 5 heteroatoms. The van der Waals surface area contributed by atoms with Crippen molar-refractivity contribution in [3.05, 3.63) is 29.8 Å². The Bertz CT molecular complexity index is 769. The first-order valence-corrected chi connectivity index (χ1v) is 7.30. The SMILES string of the molecule is CC[C@@H]1CNC[C@@H]1c1cnc2cnc3[nH]c(C)cc3n12. The number of rotatable bonds is 2. The molecule has 0 amide bonds. The third kappa shape index (κ3) is 1.59. The van der Waals surface area contributed by atoms with Crippen molar-refractivity contribution in [3.8, 4) is 0 Å². The molecular weight excluding hydrogens is 250 g/mol. The van der Waals surface area contributed by atoms with Gasteiger partial charge in [0.1, 0.15) is 0 Å². The normalized spacial score (nSPS) is 23.1. The summed E-state index contributed by atoms with van der Waals surface area (Å²) in [6, 6.07) is 2.16. The van der Waals surface area contributed by atoms with Gasteiger partial charge in [-0.2, -0.15) is 0 Å². The number of nitrogens with one attached hydrogen (secondary N) is 2. The van der Waals surface area contributed by atoms with E-state index in [1.54, 1.807) is 0 Å². The minimum Gasteiger partial charge on any atom is -0.342 e. The van der Waals surface area contributed by atoms with Gasteiger partial charge in [-0.05, 0) is 25.5 Å². The molecule has 0 unspecified atom stereocenters. The third-order valence-electron chi connectivity index (χ3n) is 4.52. The maximum Gasteiger partial charge on any atom is 0.156 e. The number of aryl methyl sites for hydroxylation is 1. The minimum absolute atomic E-state index is 0.538. The summed E-state index contributed by atoms with van der Waals surface area (Å²) in [4.78, 5) is 12.3. The smallest absolute Gasteiger partial charge is 0.156 e. The molecule has 3 aromatic heterocycles. The van der Waals surface area contributed by atoms with Crippen molar-refractivity contribution in [2.75, 3.05) is 13.1 Å². The molecule has 0 aliphatic carbocycles. The average Bonchev–Trinajstić information content (AvgIpc) is 3.13. The Balaban J connectivity index is 1.97. The molecule has 0 bridgehead atoms. The van der Waals surface area contributed by atoms with Crippen LogP contribution in [0, 0.1) is 12.8 Å². The maximum absolute atomic E-state index is 4.55. The van der Waals surface area contributed by atoms with Gasteiger partial charge in [-0.1, -0.05) is 13.3 Å². The van der Waals surface area contributed by atoms with E-state index in [1.165, 1.54) is 12.1 Å². The highest BCUT2D eigenvalue weighted by Crippen LogP contribution is 2.32. The topological polar surface area (TPSA) is 58.0 Å². The molecule has 5 nitrogen and oxygen atoms in total. The summed E-state index contributed by atoms with van der Waals surface area (Å²) >= 11 is 0. The first kappa shape index (κ1) is 11.9. The number of aromatic amines is 1. The minimum atomic E-state index is 0.538. The van der Waals surface area contributed by atoms with E-state index in [4.69, 9.17) is 0 Å². The van der Waals surface area contributed by atoms with Crippen molar-refractivity contribution in [1.29, 1.82) is 0 Å². The highest BCUT2D eigenvalue weighted by atomic mass is 15.1. The van der Waals surface area contributed by atoms with E-state index in [0.717, 1.165) is 35.6 Å². The second-order valence-corrected chi connectivity index (χ2v) is 5.75. The zero-order valence-electron chi connectivity index (χ0n) is 11.8. The predicted molar refractivity (Wildman–Crippen MR) is 79.0 cm³/mol. The van der Waals surface area contributed by atoms with Gasteiger partial charge in [0.25, 0.3) is 0 Å². The van der Waals surface area contributed by atoms with Gasteiger partial charge in [-0.15, -0.1) is 0 Å². The molecule has 0 spiro atoms. The van der Waals surface area contributed by atoms with Crippen LogP contribution in [0.5, 0.6) is 0 Å². The lowest BCUT2D eigenvalue weighted by atomic mass is 9.91. The highest BCUT2D eigenvalue weighted by molar-refractivity contribution is 5.76. The van der Waals surface area contributed by atoms with Gasteiger partial charge in [0.15, 0.2) is 11.3 Å². The Morgan fingerprint density at radius 3 is 3.05 bits per heavy atom. The van der Waals surface area contributed by atoms with E-state index in [-0.39, 0.29) is 0 Å². The Labute approximate surface area is 117 Å². The molecule has 0 saturated carbocycles. The fourth-order valence-corrected chi connectivity index (χ4v) is 3.45. The average molecular weight is 269 g/mol. The molecule has 1 fully saturated rings. The number of nitrogens with zero attached hydrogens (tertiary/aromatic N) is 3. The fourth-order valence-electron chi connectivity index (χ4n) is 3.45. The van der Waals surface area contributed by atoms with Crippen molar-refractivity contribution in [3.63, 3.8) is 0 Å². The van der Waals surface area contributed by atoms with Crippen LogP contribution in [-0.4, -0.2) is 32.4 Å². The van der Waals surface area contributed by atoms with Crippen LogP contribution in [0.1, 0.15) is 30.7 Å². The Kier molecular flexibility index (Phi) is 2.57. The molecule has 0 aromatic carbocycles. The second-order valence-electron chi connectivity index (χ2n) is 5.75. The molecule has 1 saturated heterocycles. The van der Waals surface area contributed by atoms with Crippen molar-refractivity contribution < 1.29 is 0 Å². The van der Waals surface area contributed by atoms with E-state index in [0.29, 0.717) is 11.8 Å². The van der Waals surface area contributed by atoms with Crippen LogP contribution >= 0.6 is 0 Å². The van der Waals surface area contributed by atoms with Crippen LogP contribution in [0.3, 0.4) is 0 Å². The van der Waals surface area contributed by atoms with Gasteiger partial charge >= 0.3 is 0 Å². The fraction of sp³-hybridized carbons (Fsp3) is 0.467. The zero-order chi connectivity index (χ0) is 13.7. The van der Waals surface area contributed by atoms with E-state index in [2.05, 4.69) is 44.6 Å². The van der Waals surface area contributed by atoms with E-state index >= 15 is 0 Å². The number of hydrogen-bond donors (Lipinski definition) is 2. The summed E-state index contributed by atoms with van der Waals surface area (Å²) in [7, 11) is 0. The Morgan fingerprint density at radius 1 is 1.30 bits per heavy atom. The van der Waals surface area contributed by atoms with Gasteiger partial charge in [-0.25, -0.2) is 9.97 Å². The summed E-state index contributed by atoms with van der Waals surface area (Å²) in [6.45, 7) is 6.48. The molecule has 104 valence electrons. The number of imidazole rings is 1. The van der Waals surface area contributed by atoms with Crippen LogP contribution in [-0.2, 0) is 0 Å². The van der Waals surface area contributed by atoms with E-state index < -0.39 is 0 Å². The number of fused-ring (bicyclic) bond motifs is 3. The Hall–Kier alpha value is -1.88. The number of aromatic nitrogens is 4. The van der Waals surface area contributed by atoms with Gasteiger partial charge < -0.3 is 10.3 Å². The van der Waals surface area contributed by atoms with E-state index in [9.17, 15) is 0 Å². The van der Waals surface area contributed by atoms with Crippen LogP contribution < -0.4 is 5.32 Å². The molecule has 2 N–H and O–H groups in total. The summed E-state index contributed by atoms with van der Waals surface area (Å²) in [5, 5.41) is 3.52. The first-order chi connectivity index (χ1) is 9.78. The molecule has 1 aliphatic heterocycles. The molecular formula is C15H19N5. The molecule has 1 aliphatic rings. The van der Waals surface area contributed by atoms with Gasteiger partial charge in [0, 0.05) is 30.0 Å². The number of hydrogen-bond acceptors (Lipinski definition) is 3. The molecule has 3 aromatic rings. The zero-order valence-corrected chi connectivity index (χ0v) is 11.8. The maximum atomic E-state index is 4.55. The quantitative estimate of drug-likeness (QED) is 0.750. The van der Waals surface area contributed by atoms with E-state index in [1.807, 2.05) is 12.4 Å². The highest BCUT2D eigenvalue weighted by Gasteiger charge is 2.29. The van der Waals surface area contributed by atoms with Gasteiger partial charge in [-0.3, -0.25) is 4.40 Å². The third-order valence-corrected chi connectivity index (χ3v) is 4.52. The van der Waals surface area contributed by atoms with Crippen molar-refractivity contribution in [2.45, 2.75) is 26.2 Å². The molecule has 0 radical (unpaired) electrons. The van der Waals surface area contributed by atoms with Crippen LogP contribution in [0.4, 0.5) is 0 Å². The molecule has 20 heavy (non-hydrogen) atoms. The van der Waals surface area contributed by atoms with Gasteiger partial charge in [0.05, 0.1) is 11.7 Å². The standard InChI is InChI=1S/C15H19N5/c1-3-10-5-16-6-11(10)13-7-17-14-8-18-15-12(20(13)14)4-9(2)19-15/h4,7-8,10-11,16,19H,3,5-6H2,1-2H3/t10-,11+/m1/s1. The van der Waals surface area contributed by atoms with Crippen molar-refractivity contribution in [2.24, 2.45) is 5.92 Å². The summed E-state index contributed by atoms with van der Waals surface area (Å²) in [5.41, 5.74) is 5.45. The molecule has 4 rings (SSSR count).